The minimum absolute atomic E-state index is 0.341. The molecule has 0 aliphatic rings. The number of hydrogen-bond donors (Lipinski definition) is 4. The van der Waals surface area contributed by atoms with Crippen LogP contribution < -0.4 is 16.6 Å². The highest BCUT2D eigenvalue weighted by molar-refractivity contribution is 7.07. The van der Waals surface area contributed by atoms with E-state index in [2.05, 4.69) is 20.7 Å². The number of anilines is 2. The summed E-state index contributed by atoms with van der Waals surface area (Å²) in [6, 6.07) is 1.90. The predicted molar refractivity (Wildman–Crippen MR) is 72.3 cm³/mol. The van der Waals surface area contributed by atoms with Gasteiger partial charge in [-0.2, -0.15) is 16.3 Å². The van der Waals surface area contributed by atoms with Gasteiger partial charge < -0.3 is 10.4 Å². The number of hydrogen-bond acceptors (Lipinski definition) is 7. The topological polar surface area (TPSA) is 96.1 Å². The van der Waals surface area contributed by atoms with Crippen LogP contribution in [0.2, 0.25) is 0 Å². The number of rotatable bonds is 5. The number of nitrogens with two attached hydrogens (primary N) is 1. The Morgan fingerprint density at radius 2 is 2.39 bits per heavy atom. The molecule has 0 aliphatic carbocycles. The Labute approximate surface area is 109 Å². The number of nitrogens with one attached hydrogen (secondary N) is 2. The van der Waals surface area contributed by atoms with Crippen molar-refractivity contribution in [3.8, 4) is 0 Å². The van der Waals surface area contributed by atoms with Crippen LogP contribution >= 0.6 is 11.3 Å². The molecule has 2 aromatic heterocycles. The minimum Gasteiger partial charge on any atom is -0.387 e. The van der Waals surface area contributed by atoms with E-state index in [1.807, 2.05) is 23.8 Å². The Kier molecular flexibility index (Phi) is 4.08. The fourth-order valence-electron chi connectivity index (χ4n) is 1.47. The molecule has 0 saturated heterocycles. The van der Waals surface area contributed by atoms with Gasteiger partial charge in [0.15, 0.2) is 0 Å². The molecule has 96 valence electrons. The lowest BCUT2D eigenvalue weighted by molar-refractivity contribution is 0.192. The van der Waals surface area contributed by atoms with Crippen LogP contribution in [0.4, 0.5) is 11.8 Å². The summed E-state index contributed by atoms with van der Waals surface area (Å²) >= 11 is 1.56. The largest absolute Gasteiger partial charge is 0.387 e. The van der Waals surface area contributed by atoms with Gasteiger partial charge in [-0.3, -0.25) is 5.43 Å². The SMILES string of the molecule is Cc1cnc(NN)nc1NCC(O)c1ccsc1. The standard InChI is InChI=1S/C11H15N5OS/c1-7-4-14-11(16-12)15-10(7)13-5-9(17)8-2-3-18-6-8/h2-4,6,9,17H,5,12H2,1H3,(H2,13,14,15,16). The molecule has 2 aromatic rings. The Hall–Kier alpha value is -1.70. The quantitative estimate of drug-likeness (QED) is 0.480. The summed E-state index contributed by atoms with van der Waals surface area (Å²) in [4.78, 5) is 8.16. The fraction of sp³-hybridized carbons (Fsp3) is 0.273. The molecule has 6 nitrogen and oxygen atoms in total. The van der Waals surface area contributed by atoms with Crippen LogP contribution in [0.25, 0.3) is 0 Å². The van der Waals surface area contributed by atoms with Crippen molar-refractivity contribution in [1.29, 1.82) is 0 Å². The van der Waals surface area contributed by atoms with Crippen LogP contribution in [0.3, 0.4) is 0 Å². The maximum absolute atomic E-state index is 9.95. The van der Waals surface area contributed by atoms with Crippen molar-refractivity contribution in [3.63, 3.8) is 0 Å². The van der Waals surface area contributed by atoms with Gasteiger partial charge in [0.2, 0.25) is 5.95 Å². The van der Waals surface area contributed by atoms with Gasteiger partial charge in [-0.05, 0) is 29.3 Å². The first-order valence-electron chi connectivity index (χ1n) is 5.45. The van der Waals surface area contributed by atoms with Crippen molar-refractivity contribution in [2.75, 3.05) is 17.3 Å². The molecule has 0 saturated carbocycles. The minimum atomic E-state index is -0.556. The number of nitrogens with zero attached hydrogens (tertiary/aromatic N) is 2. The molecule has 2 heterocycles. The van der Waals surface area contributed by atoms with Gasteiger partial charge in [0.25, 0.3) is 0 Å². The molecule has 5 N–H and O–H groups in total. The summed E-state index contributed by atoms with van der Waals surface area (Å²) in [6.07, 6.45) is 1.11. The summed E-state index contributed by atoms with van der Waals surface area (Å²) < 4.78 is 0. The molecule has 1 atom stereocenters. The van der Waals surface area contributed by atoms with Crippen molar-refractivity contribution in [2.45, 2.75) is 13.0 Å². The van der Waals surface area contributed by atoms with Crippen molar-refractivity contribution in [3.05, 3.63) is 34.2 Å². The summed E-state index contributed by atoms with van der Waals surface area (Å²) in [5.74, 6) is 6.25. The molecule has 0 radical (unpaired) electrons. The van der Waals surface area contributed by atoms with Crippen LogP contribution in [-0.2, 0) is 0 Å². The van der Waals surface area contributed by atoms with Crippen LogP contribution in [0, 0.1) is 6.92 Å². The number of nitrogen functional groups attached to an aromatic ring is 1. The summed E-state index contributed by atoms with van der Waals surface area (Å²) in [5.41, 5.74) is 4.18. The van der Waals surface area contributed by atoms with E-state index in [4.69, 9.17) is 5.84 Å². The third-order valence-electron chi connectivity index (χ3n) is 2.49. The van der Waals surface area contributed by atoms with Crippen molar-refractivity contribution >= 4 is 23.1 Å². The van der Waals surface area contributed by atoms with Crippen LogP contribution in [0.1, 0.15) is 17.2 Å². The second kappa shape index (κ2) is 5.76. The van der Waals surface area contributed by atoms with Gasteiger partial charge in [0.1, 0.15) is 5.82 Å². The van der Waals surface area contributed by atoms with E-state index in [1.54, 1.807) is 17.5 Å². The van der Waals surface area contributed by atoms with E-state index in [9.17, 15) is 5.11 Å². The van der Waals surface area contributed by atoms with Gasteiger partial charge >= 0.3 is 0 Å². The van der Waals surface area contributed by atoms with E-state index in [-0.39, 0.29) is 0 Å². The third-order valence-corrected chi connectivity index (χ3v) is 3.19. The lowest BCUT2D eigenvalue weighted by atomic mass is 10.2. The van der Waals surface area contributed by atoms with Gasteiger partial charge in [-0.25, -0.2) is 10.8 Å². The molecular formula is C11H15N5OS. The van der Waals surface area contributed by atoms with Crippen molar-refractivity contribution in [1.82, 2.24) is 9.97 Å². The molecule has 0 spiro atoms. The summed E-state index contributed by atoms with van der Waals surface area (Å²) in [7, 11) is 0. The number of aliphatic hydroxyl groups excluding tert-OH is 1. The molecule has 1 unspecified atom stereocenters. The first-order valence-corrected chi connectivity index (χ1v) is 6.39. The van der Waals surface area contributed by atoms with Gasteiger partial charge in [0.05, 0.1) is 6.10 Å². The molecule has 0 aromatic carbocycles. The maximum Gasteiger partial charge on any atom is 0.239 e. The molecule has 0 fully saturated rings. The first kappa shape index (κ1) is 12.7. The zero-order chi connectivity index (χ0) is 13.0. The van der Waals surface area contributed by atoms with E-state index < -0.39 is 6.10 Å². The van der Waals surface area contributed by atoms with Crippen molar-refractivity contribution in [2.24, 2.45) is 5.84 Å². The van der Waals surface area contributed by atoms with Gasteiger partial charge in [-0.1, -0.05) is 0 Å². The van der Waals surface area contributed by atoms with Gasteiger partial charge in [-0.15, -0.1) is 0 Å². The third kappa shape index (κ3) is 2.95. The lowest BCUT2D eigenvalue weighted by Gasteiger charge is -2.13. The Bertz CT molecular complexity index is 502. The fourth-order valence-corrected chi connectivity index (χ4v) is 2.17. The normalized spacial score (nSPS) is 12.2. The highest BCUT2D eigenvalue weighted by Gasteiger charge is 2.09. The molecule has 7 heteroatoms. The van der Waals surface area contributed by atoms with E-state index >= 15 is 0 Å². The zero-order valence-corrected chi connectivity index (χ0v) is 10.7. The second-order valence-electron chi connectivity index (χ2n) is 3.82. The lowest BCUT2D eigenvalue weighted by Crippen LogP contribution is -2.16. The second-order valence-corrected chi connectivity index (χ2v) is 4.60. The smallest absolute Gasteiger partial charge is 0.239 e. The van der Waals surface area contributed by atoms with Gasteiger partial charge in [0, 0.05) is 18.3 Å². The summed E-state index contributed by atoms with van der Waals surface area (Å²) in [5, 5.41) is 16.9. The van der Waals surface area contributed by atoms with Crippen LogP contribution in [0.15, 0.2) is 23.0 Å². The Balaban J connectivity index is 2.01. The maximum atomic E-state index is 9.95. The Morgan fingerprint density at radius 3 is 3.06 bits per heavy atom. The molecule has 18 heavy (non-hydrogen) atoms. The van der Waals surface area contributed by atoms with Crippen LogP contribution in [-0.4, -0.2) is 21.6 Å². The molecule has 0 aliphatic heterocycles. The molecule has 0 bridgehead atoms. The van der Waals surface area contributed by atoms with E-state index in [0.29, 0.717) is 18.3 Å². The molecular weight excluding hydrogens is 250 g/mol. The number of hydrazine groups is 1. The van der Waals surface area contributed by atoms with E-state index in [0.717, 1.165) is 11.1 Å². The predicted octanol–water partition coefficient (Wildman–Crippen LogP) is 1.28. The van der Waals surface area contributed by atoms with Crippen LogP contribution in [0.5, 0.6) is 0 Å². The number of thiophene rings is 1. The molecule has 0 amide bonds. The van der Waals surface area contributed by atoms with E-state index in [1.165, 1.54) is 0 Å². The number of aryl methyl sites for hydroxylation is 1. The number of aromatic nitrogens is 2. The average molecular weight is 265 g/mol. The molecule has 2 rings (SSSR count). The first-order chi connectivity index (χ1) is 8.70. The zero-order valence-electron chi connectivity index (χ0n) is 9.92. The highest BCUT2D eigenvalue weighted by Crippen LogP contribution is 2.18. The number of aliphatic hydroxyl groups is 1. The monoisotopic (exact) mass is 265 g/mol. The average Bonchev–Trinajstić information content (AvgIpc) is 2.91. The Morgan fingerprint density at radius 1 is 1.56 bits per heavy atom. The van der Waals surface area contributed by atoms with Crippen molar-refractivity contribution < 1.29 is 5.11 Å². The summed E-state index contributed by atoms with van der Waals surface area (Å²) in [6.45, 7) is 2.28. The highest BCUT2D eigenvalue weighted by atomic mass is 32.1.